The average molecular weight is 670 g/mol. The maximum absolute atomic E-state index is 6.56. The Morgan fingerprint density at radius 2 is 0.765 bits per heavy atom. The van der Waals surface area contributed by atoms with Crippen LogP contribution < -0.4 is 4.90 Å². The lowest BCUT2D eigenvalue weighted by Crippen LogP contribution is -2.09. The zero-order chi connectivity index (χ0) is 33.7. The maximum Gasteiger partial charge on any atom is 0.137 e. The van der Waals surface area contributed by atoms with E-state index in [1.807, 2.05) is 17.4 Å². The zero-order valence-corrected chi connectivity index (χ0v) is 28.5. The molecule has 10 rings (SSSR count). The van der Waals surface area contributed by atoms with E-state index in [0.29, 0.717) is 0 Å². The second-order valence-electron chi connectivity index (χ2n) is 13.0. The van der Waals surface area contributed by atoms with Crippen molar-refractivity contribution in [2.75, 3.05) is 4.90 Å². The Morgan fingerprint density at radius 3 is 1.45 bits per heavy atom. The molecule has 240 valence electrons. The third-order valence-electron chi connectivity index (χ3n) is 9.89. The predicted molar refractivity (Wildman–Crippen MR) is 218 cm³/mol. The summed E-state index contributed by atoms with van der Waals surface area (Å²) in [5.74, 6) is 0. The van der Waals surface area contributed by atoms with Gasteiger partial charge in [0.2, 0.25) is 0 Å². The highest BCUT2D eigenvalue weighted by Gasteiger charge is 2.17. The molecule has 2 heterocycles. The lowest BCUT2D eigenvalue weighted by Gasteiger charge is -2.26. The van der Waals surface area contributed by atoms with Gasteiger partial charge < -0.3 is 9.32 Å². The van der Waals surface area contributed by atoms with Gasteiger partial charge in [-0.05, 0) is 94.0 Å². The quantitative estimate of drug-likeness (QED) is 0.175. The Hall–Kier alpha value is -6.42. The molecule has 0 fully saturated rings. The van der Waals surface area contributed by atoms with E-state index in [0.717, 1.165) is 44.6 Å². The van der Waals surface area contributed by atoms with Crippen LogP contribution in [0.25, 0.3) is 75.5 Å². The molecule has 8 aromatic carbocycles. The highest BCUT2D eigenvalue weighted by molar-refractivity contribution is 7.25. The number of benzene rings is 8. The number of anilines is 3. The molecule has 0 unspecified atom stereocenters. The van der Waals surface area contributed by atoms with E-state index in [4.69, 9.17) is 4.42 Å². The Labute approximate surface area is 300 Å². The summed E-state index contributed by atoms with van der Waals surface area (Å²) in [6.07, 6.45) is 0. The van der Waals surface area contributed by atoms with E-state index < -0.39 is 0 Å². The monoisotopic (exact) mass is 669 g/mol. The molecular weight excluding hydrogens is 639 g/mol. The molecule has 2 aromatic heterocycles. The van der Waals surface area contributed by atoms with Crippen molar-refractivity contribution in [3.63, 3.8) is 0 Å². The lowest BCUT2D eigenvalue weighted by atomic mass is 10.0. The Bertz CT molecular complexity index is 2830. The van der Waals surface area contributed by atoms with Gasteiger partial charge in [-0.2, -0.15) is 0 Å². The highest BCUT2D eigenvalue weighted by Crippen LogP contribution is 2.41. The standard InChI is InChI=1S/C48H31NOS/c1-3-9-32(10-4-1)34-15-21-38(22-16-34)49(39-23-17-35(18-24-39)37-20-27-44-43-13-7-8-14-47(43)51-48(44)30-37)40-25-28-42-41-26-19-36(33-11-5-2-6-12-33)29-45(41)50-46(42)31-40/h1-31H. The summed E-state index contributed by atoms with van der Waals surface area (Å²) in [5, 5.41) is 4.87. The van der Waals surface area contributed by atoms with Gasteiger partial charge in [0.15, 0.2) is 0 Å². The third kappa shape index (κ3) is 5.27. The van der Waals surface area contributed by atoms with Crippen molar-refractivity contribution in [1.82, 2.24) is 0 Å². The highest BCUT2D eigenvalue weighted by atomic mass is 32.1. The summed E-state index contributed by atoms with van der Waals surface area (Å²) < 4.78 is 9.20. The van der Waals surface area contributed by atoms with Crippen molar-refractivity contribution in [2.24, 2.45) is 0 Å². The summed E-state index contributed by atoms with van der Waals surface area (Å²) in [7, 11) is 0. The summed E-state index contributed by atoms with van der Waals surface area (Å²) in [6, 6.07) is 67.3. The third-order valence-corrected chi connectivity index (χ3v) is 11.0. The molecule has 0 spiro atoms. The number of furan rings is 1. The first-order valence-corrected chi connectivity index (χ1v) is 18.1. The molecule has 10 aromatic rings. The van der Waals surface area contributed by atoms with Gasteiger partial charge in [-0.3, -0.25) is 0 Å². The van der Waals surface area contributed by atoms with Gasteiger partial charge in [0.25, 0.3) is 0 Å². The van der Waals surface area contributed by atoms with Crippen molar-refractivity contribution >= 4 is 70.5 Å². The molecule has 0 saturated carbocycles. The van der Waals surface area contributed by atoms with Gasteiger partial charge in [-0.15, -0.1) is 11.3 Å². The number of fused-ring (bicyclic) bond motifs is 6. The molecule has 0 atom stereocenters. The van der Waals surface area contributed by atoms with Crippen LogP contribution in [-0.4, -0.2) is 0 Å². The zero-order valence-electron chi connectivity index (χ0n) is 27.7. The fourth-order valence-corrected chi connectivity index (χ4v) is 8.45. The second-order valence-corrected chi connectivity index (χ2v) is 14.0. The molecule has 0 aliphatic carbocycles. The Morgan fingerprint density at radius 1 is 0.314 bits per heavy atom. The fourth-order valence-electron chi connectivity index (χ4n) is 7.30. The predicted octanol–water partition coefficient (Wildman–Crippen LogP) is 14.4. The minimum Gasteiger partial charge on any atom is -0.456 e. The maximum atomic E-state index is 6.56. The largest absolute Gasteiger partial charge is 0.456 e. The van der Waals surface area contributed by atoms with Gasteiger partial charge in [-0.1, -0.05) is 121 Å². The molecule has 0 saturated heterocycles. The van der Waals surface area contributed by atoms with Gasteiger partial charge >= 0.3 is 0 Å². The van der Waals surface area contributed by atoms with E-state index in [-0.39, 0.29) is 0 Å². The van der Waals surface area contributed by atoms with E-state index in [1.54, 1.807) is 0 Å². The minimum absolute atomic E-state index is 0.867. The van der Waals surface area contributed by atoms with E-state index in [2.05, 4.69) is 187 Å². The molecule has 0 radical (unpaired) electrons. The molecular formula is C48H31NOS. The van der Waals surface area contributed by atoms with Crippen LogP contribution in [0.4, 0.5) is 17.1 Å². The van der Waals surface area contributed by atoms with E-state index in [1.165, 1.54) is 48.0 Å². The molecule has 3 heteroatoms. The average Bonchev–Trinajstić information content (AvgIpc) is 3.76. The van der Waals surface area contributed by atoms with Gasteiger partial charge in [0.05, 0.1) is 0 Å². The summed E-state index contributed by atoms with van der Waals surface area (Å²) in [5.41, 5.74) is 12.1. The Kier molecular flexibility index (Phi) is 7.04. The van der Waals surface area contributed by atoms with Gasteiger partial charge in [-0.25, -0.2) is 0 Å². The van der Waals surface area contributed by atoms with E-state index >= 15 is 0 Å². The van der Waals surface area contributed by atoms with Crippen LogP contribution in [0.2, 0.25) is 0 Å². The second kappa shape index (κ2) is 12.2. The van der Waals surface area contributed by atoms with Crippen LogP contribution in [0.5, 0.6) is 0 Å². The minimum atomic E-state index is 0.867. The SMILES string of the molecule is c1ccc(-c2ccc(N(c3ccc(-c4ccc5c(c4)sc4ccccc45)cc3)c3ccc4c(c3)oc3cc(-c5ccccc5)ccc34)cc2)cc1. The fraction of sp³-hybridized carbons (Fsp3) is 0. The van der Waals surface area contributed by atoms with E-state index in [9.17, 15) is 0 Å². The molecule has 2 nitrogen and oxygen atoms in total. The van der Waals surface area contributed by atoms with Crippen LogP contribution in [-0.2, 0) is 0 Å². The number of thiophene rings is 1. The van der Waals surface area contributed by atoms with Crippen LogP contribution in [0.15, 0.2) is 192 Å². The Balaban J connectivity index is 1.06. The molecule has 0 bridgehead atoms. The number of nitrogens with zero attached hydrogens (tertiary/aromatic N) is 1. The molecule has 0 N–H and O–H groups in total. The summed E-state index contributed by atoms with van der Waals surface area (Å²) >= 11 is 1.86. The van der Waals surface area contributed by atoms with Crippen molar-refractivity contribution < 1.29 is 4.42 Å². The summed E-state index contributed by atoms with van der Waals surface area (Å²) in [6.45, 7) is 0. The first kappa shape index (κ1) is 29.5. The molecule has 51 heavy (non-hydrogen) atoms. The van der Waals surface area contributed by atoms with Crippen LogP contribution in [0, 0.1) is 0 Å². The van der Waals surface area contributed by atoms with Crippen LogP contribution in [0.1, 0.15) is 0 Å². The topological polar surface area (TPSA) is 16.4 Å². The van der Waals surface area contributed by atoms with Crippen molar-refractivity contribution in [3.05, 3.63) is 188 Å². The van der Waals surface area contributed by atoms with Crippen molar-refractivity contribution in [3.8, 4) is 33.4 Å². The van der Waals surface area contributed by atoms with Crippen LogP contribution >= 0.6 is 11.3 Å². The van der Waals surface area contributed by atoms with Gasteiger partial charge in [0, 0.05) is 54.1 Å². The first-order valence-electron chi connectivity index (χ1n) is 17.2. The first-order chi connectivity index (χ1) is 25.2. The normalized spacial score (nSPS) is 11.5. The number of hydrogen-bond acceptors (Lipinski definition) is 3. The van der Waals surface area contributed by atoms with Crippen molar-refractivity contribution in [2.45, 2.75) is 0 Å². The molecule has 0 aliphatic heterocycles. The summed E-state index contributed by atoms with van der Waals surface area (Å²) in [4.78, 5) is 2.32. The number of hydrogen-bond donors (Lipinski definition) is 0. The molecule has 0 aliphatic rings. The van der Waals surface area contributed by atoms with Crippen LogP contribution in [0.3, 0.4) is 0 Å². The number of rotatable bonds is 6. The molecule has 0 amide bonds. The van der Waals surface area contributed by atoms with Crippen molar-refractivity contribution in [1.29, 1.82) is 0 Å². The smallest absolute Gasteiger partial charge is 0.137 e. The lowest BCUT2D eigenvalue weighted by molar-refractivity contribution is 0.669. The van der Waals surface area contributed by atoms with Gasteiger partial charge in [0.1, 0.15) is 11.2 Å².